The highest BCUT2D eigenvalue weighted by molar-refractivity contribution is 9.10. The lowest BCUT2D eigenvalue weighted by Crippen LogP contribution is -1.88. The van der Waals surface area contributed by atoms with Crippen LogP contribution in [0.2, 0.25) is 0 Å². The van der Waals surface area contributed by atoms with Gasteiger partial charge >= 0.3 is 0 Å². The van der Waals surface area contributed by atoms with Crippen LogP contribution in [0.15, 0.2) is 16.7 Å². The van der Waals surface area contributed by atoms with Crippen LogP contribution in [-0.2, 0) is 6.42 Å². The fraction of sp³-hybridized carbons (Fsp3) is 0.444. The second kappa shape index (κ2) is 4.50. The highest BCUT2D eigenvalue weighted by Gasteiger charge is 1.93. The molecule has 0 N–H and O–H groups in total. The molecule has 11 heavy (non-hydrogen) atoms. The Balaban J connectivity index is 2.52. The number of rotatable bonds is 3. The molecule has 1 nitrogen and oxygen atoms in total. The van der Waals surface area contributed by atoms with E-state index in [1.807, 2.05) is 12.3 Å². The maximum atomic E-state index is 4.21. The number of hydrogen-bond donors (Lipinski definition) is 0. The Labute approximate surface area is 76.0 Å². The number of halogens is 1. The zero-order chi connectivity index (χ0) is 8.10. The van der Waals surface area contributed by atoms with Gasteiger partial charge in [-0.2, -0.15) is 0 Å². The third-order valence-electron chi connectivity index (χ3n) is 1.49. The lowest BCUT2D eigenvalue weighted by atomic mass is 10.2. The molecule has 1 rings (SSSR count). The summed E-state index contributed by atoms with van der Waals surface area (Å²) in [5, 5.41) is 0. The van der Waals surface area contributed by atoms with Gasteiger partial charge in [-0.3, -0.25) is 4.98 Å². The summed E-state index contributed by atoms with van der Waals surface area (Å²) < 4.78 is 0.998. The van der Waals surface area contributed by atoms with E-state index in [9.17, 15) is 0 Å². The van der Waals surface area contributed by atoms with Crippen molar-refractivity contribution in [2.24, 2.45) is 0 Å². The summed E-state index contributed by atoms with van der Waals surface area (Å²) in [4.78, 5) is 4.21. The monoisotopic (exact) mass is 212 g/mol. The highest BCUT2D eigenvalue weighted by atomic mass is 79.9. The second-order valence-electron chi connectivity index (χ2n) is 2.48. The number of nitrogens with zero attached hydrogens (tertiary/aromatic N) is 1. The molecule has 0 aliphatic carbocycles. The number of hydrogen-bond acceptors (Lipinski definition) is 1. The first kappa shape index (κ1) is 8.72. The second-order valence-corrected chi connectivity index (χ2v) is 3.40. The molecular formula is C9H11BrN. The van der Waals surface area contributed by atoms with Crippen LogP contribution in [0.5, 0.6) is 0 Å². The maximum absolute atomic E-state index is 4.21. The Bertz CT molecular complexity index is 205. The predicted molar refractivity (Wildman–Crippen MR) is 49.4 cm³/mol. The molecule has 1 aromatic heterocycles. The third-order valence-corrected chi connectivity index (χ3v) is 1.92. The zero-order valence-corrected chi connectivity index (χ0v) is 8.19. The molecule has 0 spiro atoms. The van der Waals surface area contributed by atoms with Crippen LogP contribution in [0.3, 0.4) is 0 Å². The molecule has 0 aliphatic rings. The van der Waals surface area contributed by atoms with E-state index in [0.717, 1.165) is 16.6 Å². The largest absolute Gasteiger partial charge is 0.259 e. The smallest absolute Gasteiger partial charge is 0.0483 e. The van der Waals surface area contributed by atoms with Crippen molar-refractivity contribution in [3.8, 4) is 0 Å². The Morgan fingerprint density at radius 1 is 1.64 bits per heavy atom. The first-order valence-electron chi connectivity index (χ1n) is 3.85. The summed E-state index contributed by atoms with van der Waals surface area (Å²) in [7, 11) is 0. The summed E-state index contributed by atoms with van der Waals surface area (Å²) in [6, 6.07) is 5.03. The Hall–Kier alpha value is -0.370. The van der Waals surface area contributed by atoms with E-state index in [4.69, 9.17) is 0 Å². The zero-order valence-electron chi connectivity index (χ0n) is 6.60. The van der Waals surface area contributed by atoms with E-state index in [2.05, 4.69) is 33.9 Å². The molecule has 0 amide bonds. The van der Waals surface area contributed by atoms with Crippen LogP contribution in [0, 0.1) is 6.07 Å². The quantitative estimate of drug-likeness (QED) is 0.752. The van der Waals surface area contributed by atoms with E-state index < -0.39 is 0 Å². The topological polar surface area (TPSA) is 12.9 Å². The van der Waals surface area contributed by atoms with E-state index in [1.54, 1.807) is 0 Å². The SMILES string of the molecule is CCCCc1[c]cc(Br)cn1. The normalized spacial score (nSPS) is 10.0. The fourth-order valence-corrected chi connectivity index (χ4v) is 1.06. The van der Waals surface area contributed by atoms with Gasteiger partial charge in [-0.15, -0.1) is 0 Å². The molecule has 0 unspecified atom stereocenters. The molecule has 0 saturated heterocycles. The first-order chi connectivity index (χ1) is 5.33. The molecule has 0 bridgehead atoms. The minimum absolute atomic E-state index is 0.998. The van der Waals surface area contributed by atoms with Crippen LogP contribution in [0.25, 0.3) is 0 Å². The molecule has 0 aromatic carbocycles. The van der Waals surface area contributed by atoms with Crippen molar-refractivity contribution >= 4 is 15.9 Å². The lowest BCUT2D eigenvalue weighted by Gasteiger charge is -1.96. The van der Waals surface area contributed by atoms with Crippen LogP contribution in [0.1, 0.15) is 25.5 Å². The van der Waals surface area contributed by atoms with Crippen molar-refractivity contribution in [2.45, 2.75) is 26.2 Å². The van der Waals surface area contributed by atoms with Gasteiger partial charge in [-0.1, -0.05) is 13.3 Å². The molecule has 1 radical (unpaired) electrons. The highest BCUT2D eigenvalue weighted by Crippen LogP contribution is 2.08. The van der Waals surface area contributed by atoms with Crippen LogP contribution in [0.4, 0.5) is 0 Å². The number of unbranched alkanes of at least 4 members (excludes halogenated alkanes) is 1. The van der Waals surface area contributed by atoms with Crippen LogP contribution in [-0.4, -0.2) is 4.98 Å². The fourth-order valence-electron chi connectivity index (χ4n) is 0.847. The van der Waals surface area contributed by atoms with Crippen LogP contribution < -0.4 is 0 Å². The van der Waals surface area contributed by atoms with Gasteiger partial charge < -0.3 is 0 Å². The molecule has 0 atom stereocenters. The standard InChI is InChI=1S/C9H11BrN/c1-2-3-4-9-6-5-8(10)7-11-9/h5,7H,2-4H2,1H3. The number of aryl methyl sites for hydroxylation is 1. The average molecular weight is 213 g/mol. The van der Waals surface area contributed by atoms with Crippen molar-refractivity contribution in [3.05, 3.63) is 28.5 Å². The number of aromatic nitrogens is 1. The van der Waals surface area contributed by atoms with Gasteiger partial charge in [-0.25, -0.2) is 0 Å². The van der Waals surface area contributed by atoms with Gasteiger partial charge in [0.25, 0.3) is 0 Å². The van der Waals surface area contributed by atoms with Gasteiger partial charge in [-0.05, 0) is 34.8 Å². The molecule has 0 fully saturated rings. The van der Waals surface area contributed by atoms with E-state index in [-0.39, 0.29) is 0 Å². The Morgan fingerprint density at radius 2 is 2.45 bits per heavy atom. The number of pyridine rings is 1. The average Bonchev–Trinajstić information content (AvgIpc) is 2.04. The van der Waals surface area contributed by atoms with Crippen molar-refractivity contribution in [2.75, 3.05) is 0 Å². The maximum Gasteiger partial charge on any atom is 0.0483 e. The summed E-state index contributed by atoms with van der Waals surface area (Å²) in [5.41, 5.74) is 1.06. The van der Waals surface area contributed by atoms with E-state index in [1.165, 1.54) is 12.8 Å². The molecule has 0 aliphatic heterocycles. The molecule has 59 valence electrons. The van der Waals surface area contributed by atoms with E-state index >= 15 is 0 Å². The summed E-state index contributed by atoms with van der Waals surface area (Å²) >= 11 is 3.32. The third kappa shape index (κ3) is 3.02. The first-order valence-corrected chi connectivity index (χ1v) is 4.64. The Kier molecular flexibility index (Phi) is 3.57. The summed E-state index contributed by atoms with van der Waals surface area (Å²) in [6.45, 7) is 2.18. The molecule has 2 heteroatoms. The lowest BCUT2D eigenvalue weighted by molar-refractivity contribution is 0.775. The summed E-state index contributed by atoms with van der Waals surface area (Å²) in [6.07, 6.45) is 5.28. The van der Waals surface area contributed by atoms with Gasteiger partial charge in [0.1, 0.15) is 0 Å². The summed E-state index contributed by atoms with van der Waals surface area (Å²) in [5.74, 6) is 0. The van der Waals surface area contributed by atoms with Gasteiger partial charge in [0.15, 0.2) is 0 Å². The van der Waals surface area contributed by atoms with Gasteiger partial charge in [0.2, 0.25) is 0 Å². The molecule has 1 aromatic rings. The predicted octanol–water partition coefficient (Wildman–Crippen LogP) is 2.99. The van der Waals surface area contributed by atoms with E-state index in [0.29, 0.717) is 0 Å². The minimum atomic E-state index is 0.998. The minimum Gasteiger partial charge on any atom is -0.259 e. The van der Waals surface area contributed by atoms with Crippen molar-refractivity contribution in [1.82, 2.24) is 4.98 Å². The molecule has 1 heterocycles. The van der Waals surface area contributed by atoms with Gasteiger partial charge in [0.05, 0.1) is 0 Å². The van der Waals surface area contributed by atoms with Gasteiger partial charge in [0, 0.05) is 22.4 Å². The van der Waals surface area contributed by atoms with Crippen molar-refractivity contribution in [1.29, 1.82) is 0 Å². The van der Waals surface area contributed by atoms with Crippen molar-refractivity contribution in [3.63, 3.8) is 0 Å². The van der Waals surface area contributed by atoms with Crippen LogP contribution >= 0.6 is 15.9 Å². The Morgan fingerprint density at radius 3 is 3.00 bits per heavy atom. The molecular weight excluding hydrogens is 202 g/mol. The van der Waals surface area contributed by atoms with Crippen molar-refractivity contribution < 1.29 is 0 Å². The molecule has 0 saturated carbocycles.